The molecule has 0 rings (SSSR count). The second-order valence-corrected chi connectivity index (χ2v) is 1.40. The average molecular weight is 126 g/mol. The molecule has 0 spiro atoms. The number of aliphatic hydroxyl groups excluding tert-OH is 2. The van der Waals surface area contributed by atoms with Crippen LogP contribution in [0.15, 0.2) is 0 Å². The fourth-order valence-corrected chi connectivity index (χ4v) is 0.229. The molecule has 2 nitrogen and oxygen atoms in total. The van der Waals surface area contributed by atoms with Gasteiger partial charge in [-0.15, -0.1) is 0 Å². The van der Waals surface area contributed by atoms with Crippen molar-refractivity contribution in [2.24, 2.45) is 0 Å². The summed E-state index contributed by atoms with van der Waals surface area (Å²) in [5, 5.41) is 15.8. The highest BCUT2D eigenvalue weighted by Crippen LogP contribution is 2.00. The van der Waals surface area contributed by atoms with Crippen molar-refractivity contribution >= 4 is 0 Å². The van der Waals surface area contributed by atoms with E-state index in [1.807, 2.05) is 0 Å². The molecule has 0 aliphatic carbocycles. The first-order valence-electron chi connectivity index (χ1n) is 2.22. The van der Waals surface area contributed by atoms with Crippen molar-refractivity contribution in [2.45, 2.75) is 12.3 Å². The van der Waals surface area contributed by atoms with Crippen molar-refractivity contribution in [3.63, 3.8) is 0 Å². The fraction of sp³-hybridized carbons (Fsp3) is 1.00. The van der Waals surface area contributed by atoms with Crippen molar-refractivity contribution in [3.8, 4) is 0 Å². The van der Waals surface area contributed by atoms with Gasteiger partial charge in [0.2, 0.25) is 0 Å². The maximum atomic E-state index is 11.7. The molecule has 4 heteroatoms. The first kappa shape index (κ1) is 7.78. The Morgan fingerprint density at radius 1 is 1.00 bits per heavy atom. The summed E-state index contributed by atoms with van der Waals surface area (Å²) in [5.41, 5.74) is 0. The molecule has 0 radical (unpaired) electrons. The first-order valence-corrected chi connectivity index (χ1v) is 2.22. The lowest BCUT2D eigenvalue weighted by atomic mass is 10.3. The lowest BCUT2D eigenvalue weighted by Gasteiger charge is -2.05. The lowest BCUT2D eigenvalue weighted by molar-refractivity contribution is 0.0590. The molecule has 2 N–H and O–H groups in total. The van der Waals surface area contributed by atoms with Crippen LogP contribution in [-0.2, 0) is 0 Å². The Morgan fingerprint density at radius 3 is 1.38 bits per heavy atom. The highest BCUT2D eigenvalue weighted by Gasteiger charge is 2.17. The van der Waals surface area contributed by atoms with Crippen molar-refractivity contribution in [2.75, 3.05) is 13.2 Å². The van der Waals surface area contributed by atoms with E-state index < -0.39 is 25.6 Å². The number of alkyl halides is 2. The number of hydrogen-bond donors (Lipinski definition) is 2. The molecule has 0 aromatic rings. The normalized spacial score (nSPS) is 18.0. The van der Waals surface area contributed by atoms with E-state index in [2.05, 4.69) is 0 Å². The van der Waals surface area contributed by atoms with E-state index in [-0.39, 0.29) is 0 Å². The number of halogens is 2. The molecule has 0 aromatic heterocycles. The van der Waals surface area contributed by atoms with Gasteiger partial charge in [0.1, 0.15) is 0 Å². The van der Waals surface area contributed by atoms with Gasteiger partial charge in [0.25, 0.3) is 0 Å². The molecule has 0 amide bonds. The Kier molecular flexibility index (Phi) is 3.64. The van der Waals surface area contributed by atoms with Crippen molar-refractivity contribution in [1.82, 2.24) is 0 Å². The summed E-state index contributed by atoms with van der Waals surface area (Å²) in [5.74, 6) is 0. The standard InChI is InChI=1S/C4H8F2O2/c5-3(1-7)4(6)2-8/h3-4,7-8H,1-2H2/t3-,4+. The summed E-state index contributed by atoms with van der Waals surface area (Å²) in [4.78, 5) is 0. The zero-order chi connectivity index (χ0) is 6.57. The topological polar surface area (TPSA) is 40.5 Å². The maximum absolute atomic E-state index is 11.7. The highest BCUT2D eigenvalue weighted by molar-refractivity contribution is 4.64. The Morgan fingerprint density at radius 2 is 1.25 bits per heavy atom. The minimum Gasteiger partial charge on any atom is -0.393 e. The average Bonchev–Trinajstić information content (AvgIpc) is 1.84. The number of hydrogen-bond acceptors (Lipinski definition) is 2. The number of aliphatic hydroxyl groups is 2. The zero-order valence-electron chi connectivity index (χ0n) is 4.22. The second kappa shape index (κ2) is 3.74. The van der Waals surface area contributed by atoms with Gasteiger partial charge in [-0.05, 0) is 0 Å². The number of rotatable bonds is 3. The minimum atomic E-state index is -1.94. The quantitative estimate of drug-likeness (QED) is 0.542. The largest absolute Gasteiger partial charge is 0.393 e. The molecule has 8 heavy (non-hydrogen) atoms. The van der Waals surface area contributed by atoms with Crippen LogP contribution in [-0.4, -0.2) is 35.8 Å². The molecule has 0 heterocycles. The summed E-state index contributed by atoms with van der Waals surface area (Å²) < 4.78 is 23.5. The van der Waals surface area contributed by atoms with Gasteiger partial charge in [0, 0.05) is 0 Å². The van der Waals surface area contributed by atoms with E-state index in [4.69, 9.17) is 10.2 Å². The van der Waals surface area contributed by atoms with Crippen LogP contribution >= 0.6 is 0 Å². The lowest BCUT2D eigenvalue weighted by Crippen LogP contribution is -2.24. The van der Waals surface area contributed by atoms with E-state index in [0.29, 0.717) is 0 Å². The van der Waals surface area contributed by atoms with Gasteiger partial charge >= 0.3 is 0 Å². The van der Waals surface area contributed by atoms with Crippen LogP contribution < -0.4 is 0 Å². The Labute approximate surface area is 45.8 Å². The highest BCUT2D eigenvalue weighted by atomic mass is 19.2. The van der Waals surface area contributed by atoms with Crippen LogP contribution in [0.3, 0.4) is 0 Å². The smallest absolute Gasteiger partial charge is 0.156 e. The minimum absolute atomic E-state index is 0.873. The van der Waals surface area contributed by atoms with E-state index >= 15 is 0 Å². The molecule has 0 bridgehead atoms. The Balaban J connectivity index is 3.29. The molecule has 0 saturated carbocycles. The van der Waals surface area contributed by atoms with Gasteiger partial charge < -0.3 is 10.2 Å². The third kappa shape index (κ3) is 2.18. The molecule has 0 saturated heterocycles. The van der Waals surface area contributed by atoms with Gasteiger partial charge in [-0.2, -0.15) is 0 Å². The van der Waals surface area contributed by atoms with Crippen LogP contribution in [0, 0.1) is 0 Å². The van der Waals surface area contributed by atoms with Gasteiger partial charge in [-0.3, -0.25) is 0 Å². The van der Waals surface area contributed by atoms with Crippen molar-refractivity contribution < 1.29 is 19.0 Å². The monoisotopic (exact) mass is 126 g/mol. The molecule has 2 atom stereocenters. The summed E-state index contributed by atoms with van der Waals surface area (Å²) >= 11 is 0. The van der Waals surface area contributed by atoms with Crippen LogP contribution in [0.1, 0.15) is 0 Å². The molecule has 0 aliphatic heterocycles. The first-order chi connectivity index (χ1) is 3.72. The Hall–Kier alpha value is -0.220. The van der Waals surface area contributed by atoms with Gasteiger partial charge in [0.15, 0.2) is 12.3 Å². The van der Waals surface area contributed by atoms with Gasteiger partial charge in [-0.25, -0.2) is 8.78 Å². The summed E-state index contributed by atoms with van der Waals surface area (Å²) in [6.45, 7) is -1.75. The molecular formula is C4H8F2O2. The molecule has 0 aromatic carbocycles. The maximum Gasteiger partial charge on any atom is 0.156 e. The SMILES string of the molecule is OC[C@@H](F)[C@@H](F)CO. The summed E-state index contributed by atoms with van der Waals surface area (Å²) in [6, 6.07) is 0. The molecule has 50 valence electrons. The second-order valence-electron chi connectivity index (χ2n) is 1.40. The van der Waals surface area contributed by atoms with E-state index in [1.165, 1.54) is 0 Å². The molecule has 0 aliphatic rings. The van der Waals surface area contributed by atoms with Gasteiger partial charge in [-0.1, -0.05) is 0 Å². The van der Waals surface area contributed by atoms with Crippen LogP contribution in [0.2, 0.25) is 0 Å². The van der Waals surface area contributed by atoms with E-state index in [1.54, 1.807) is 0 Å². The van der Waals surface area contributed by atoms with E-state index in [0.717, 1.165) is 0 Å². The van der Waals surface area contributed by atoms with Crippen LogP contribution in [0.5, 0.6) is 0 Å². The van der Waals surface area contributed by atoms with Crippen molar-refractivity contribution in [1.29, 1.82) is 0 Å². The summed E-state index contributed by atoms with van der Waals surface area (Å²) in [7, 11) is 0. The van der Waals surface area contributed by atoms with Crippen molar-refractivity contribution in [3.05, 3.63) is 0 Å². The van der Waals surface area contributed by atoms with Gasteiger partial charge in [0.05, 0.1) is 13.2 Å². The third-order valence-electron chi connectivity index (χ3n) is 0.741. The van der Waals surface area contributed by atoms with Crippen LogP contribution in [0.4, 0.5) is 8.78 Å². The summed E-state index contributed by atoms with van der Waals surface area (Å²) in [6.07, 6.45) is -3.89. The molecular weight excluding hydrogens is 118 g/mol. The fourth-order valence-electron chi connectivity index (χ4n) is 0.229. The predicted octanol–water partition coefficient (Wildman–Crippen LogP) is -0.353. The van der Waals surface area contributed by atoms with Crippen LogP contribution in [0.25, 0.3) is 0 Å². The zero-order valence-corrected chi connectivity index (χ0v) is 4.22. The predicted molar refractivity (Wildman–Crippen MR) is 24.0 cm³/mol. The Bertz CT molecular complexity index is 52.0. The third-order valence-corrected chi connectivity index (χ3v) is 0.741. The molecule has 0 fully saturated rings. The molecule has 0 unspecified atom stereocenters. The van der Waals surface area contributed by atoms with E-state index in [9.17, 15) is 8.78 Å².